The number of fused-ring (bicyclic) bond motifs is 1. The number of aliphatic hydroxyl groups excluding tert-OH is 1. The van der Waals surface area contributed by atoms with Gasteiger partial charge in [0, 0.05) is 12.0 Å². The third-order valence-corrected chi connectivity index (χ3v) is 4.90. The van der Waals surface area contributed by atoms with Crippen molar-refractivity contribution in [3.05, 3.63) is 72.0 Å². The summed E-state index contributed by atoms with van der Waals surface area (Å²) in [6, 6.07) is 17.2. The smallest absolute Gasteiger partial charge is 0.231 e. The van der Waals surface area contributed by atoms with Crippen molar-refractivity contribution in [2.24, 2.45) is 0 Å². The molecule has 0 spiro atoms. The normalized spacial score (nSPS) is 16.0. The lowest BCUT2D eigenvalue weighted by Gasteiger charge is -2.31. The van der Waals surface area contributed by atoms with E-state index in [2.05, 4.69) is 5.32 Å². The van der Waals surface area contributed by atoms with E-state index >= 15 is 0 Å². The van der Waals surface area contributed by atoms with E-state index < -0.39 is 18.1 Å². The van der Waals surface area contributed by atoms with Gasteiger partial charge in [-0.2, -0.15) is 0 Å². The van der Waals surface area contributed by atoms with Gasteiger partial charge in [0.15, 0.2) is 17.8 Å². The van der Waals surface area contributed by atoms with Gasteiger partial charge in [0.25, 0.3) is 0 Å². The van der Waals surface area contributed by atoms with Crippen molar-refractivity contribution < 1.29 is 29.2 Å². The Morgan fingerprint density at radius 3 is 2.52 bits per heavy atom. The summed E-state index contributed by atoms with van der Waals surface area (Å²) >= 11 is 0. The molecule has 0 fully saturated rings. The zero-order valence-corrected chi connectivity index (χ0v) is 15.9. The third-order valence-electron chi connectivity index (χ3n) is 4.90. The number of furan rings is 1. The molecule has 0 saturated carbocycles. The van der Waals surface area contributed by atoms with Gasteiger partial charge in [0.2, 0.25) is 6.79 Å². The zero-order valence-electron chi connectivity index (χ0n) is 15.9. The summed E-state index contributed by atoms with van der Waals surface area (Å²) in [5.41, 5.74) is -0.000431. The molecule has 0 amide bonds. The standard InChI is InChI=1S/C22H23NO6/c1-22(26,15-5-3-2-4-6-15)23-17(21(24)25)12-16-8-10-18(29-16)14-7-9-19-20(11-14)28-13-27-19/h2-11,17,21,23-26H,12-13H2,1H3. The minimum atomic E-state index is -1.69. The Hall–Kier alpha value is -2.84. The summed E-state index contributed by atoms with van der Waals surface area (Å²) in [5, 5.41) is 33.3. The van der Waals surface area contributed by atoms with Crippen molar-refractivity contribution in [1.82, 2.24) is 5.32 Å². The minimum absolute atomic E-state index is 0.172. The van der Waals surface area contributed by atoms with Crippen molar-refractivity contribution in [2.45, 2.75) is 31.4 Å². The number of aliphatic hydroxyl groups is 3. The van der Waals surface area contributed by atoms with Gasteiger partial charge in [0.1, 0.15) is 17.2 Å². The molecule has 0 saturated heterocycles. The lowest BCUT2D eigenvalue weighted by atomic mass is 10.0. The van der Waals surface area contributed by atoms with Gasteiger partial charge in [0.05, 0.1) is 6.04 Å². The van der Waals surface area contributed by atoms with Crippen molar-refractivity contribution in [2.75, 3.05) is 6.79 Å². The van der Waals surface area contributed by atoms with E-state index in [1.54, 1.807) is 37.3 Å². The van der Waals surface area contributed by atoms with E-state index in [9.17, 15) is 15.3 Å². The van der Waals surface area contributed by atoms with Crippen LogP contribution in [-0.2, 0) is 12.1 Å². The third kappa shape index (κ3) is 4.28. The maximum absolute atomic E-state index is 10.8. The van der Waals surface area contributed by atoms with Gasteiger partial charge >= 0.3 is 0 Å². The first-order valence-electron chi connectivity index (χ1n) is 9.33. The van der Waals surface area contributed by atoms with E-state index in [4.69, 9.17) is 13.9 Å². The summed E-state index contributed by atoms with van der Waals surface area (Å²) in [6.07, 6.45) is -1.52. The first-order chi connectivity index (χ1) is 13.9. The summed E-state index contributed by atoms with van der Waals surface area (Å²) in [6.45, 7) is 1.77. The van der Waals surface area contributed by atoms with E-state index in [0.29, 0.717) is 28.6 Å². The van der Waals surface area contributed by atoms with Crippen LogP contribution in [0.25, 0.3) is 11.3 Å². The van der Waals surface area contributed by atoms with Crippen molar-refractivity contribution in [3.63, 3.8) is 0 Å². The van der Waals surface area contributed by atoms with Gasteiger partial charge in [-0.1, -0.05) is 30.3 Å². The Morgan fingerprint density at radius 2 is 1.76 bits per heavy atom. The van der Waals surface area contributed by atoms with Crippen LogP contribution in [0.15, 0.2) is 65.1 Å². The zero-order chi connectivity index (χ0) is 20.4. The molecule has 152 valence electrons. The molecule has 4 rings (SSSR count). The molecule has 0 radical (unpaired) electrons. The van der Waals surface area contributed by atoms with Crippen molar-refractivity contribution >= 4 is 0 Å². The van der Waals surface area contributed by atoms with Gasteiger partial charge in [-0.05, 0) is 42.8 Å². The number of benzene rings is 2. The molecule has 4 N–H and O–H groups in total. The number of ether oxygens (including phenoxy) is 2. The number of rotatable bonds is 7. The molecular weight excluding hydrogens is 374 g/mol. The Morgan fingerprint density at radius 1 is 1.00 bits per heavy atom. The Bertz CT molecular complexity index is 966. The van der Waals surface area contributed by atoms with Crippen LogP contribution in [0.1, 0.15) is 18.2 Å². The molecule has 1 aliphatic heterocycles. The predicted octanol–water partition coefficient (Wildman–Crippen LogP) is 2.35. The second-order valence-electron chi connectivity index (χ2n) is 7.14. The Labute approximate surface area is 168 Å². The van der Waals surface area contributed by atoms with Gasteiger partial charge in [-0.3, -0.25) is 5.32 Å². The van der Waals surface area contributed by atoms with Crippen LogP contribution in [0.3, 0.4) is 0 Å². The monoisotopic (exact) mass is 397 g/mol. The maximum atomic E-state index is 10.8. The summed E-state index contributed by atoms with van der Waals surface area (Å²) < 4.78 is 16.6. The van der Waals surface area contributed by atoms with Gasteiger partial charge in [-0.15, -0.1) is 0 Å². The average molecular weight is 397 g/mol. The molecule has 2 heterocycles. The summed E-state index contributed by atoms with van der Waals surface area (Å²) in [5.74, 6) is 2.52. The topological polar surface area (TPSA) is 104 Å². The molecule has 7 heteroatoms. The molecule has 7 nitrogen and oxygen atoms in total. The van der Waals surface area contributed by atoms with E-state index in [-0.39, 0.29) is 13.2 Å². The van der Waals surface area contributed by atoms with Crippen LogP contribution in [0, 0.1) is 0 Å². The molecule has 2 atom stereocenters. The first kappa shape index (κ1) is 19.5. The number of nitrogens with one attached hydrogen (secondary N) is 1. The molecule has 1 aromatic heterocycles. The van der Waals surface area contributed by atoms with Crippen LogP contribution in [0.5, 0.6) is 11.5 Å². The van der Waals surface area contributed by atoms with Crippen LogP contribution in [-0.4, -0.2) is 34.4 Å². The maximum Gasteiger partial charge on any atom is 0.231 e. The summed E-state index contributed by atoms with van der Waals surface area (Å²) in [4.78, 5) is 0. The Kier molecular flexibility index (Phi) is 5.29. The highest BCUT2D eigenvalue weighted by Crippen LogP contribution is 2.36. The molecule has 1 aliphatic rings. The lowest BCUT2D eigenvalue weighted by molar-refractivity contribution is -0.0978. The van der Waals surface area contributed by atoms with Crippen LogP contribution >= 0.6 is 0 Å². The predicted molar refractivity (Wildman–Crippen MR) is 105 cm³/mol. The average Bonchev–Trinajstić information content (AvgIpc) is 3.36. The molecule has 2 unspecified atom stereocenters. The quantitative estimate of drug-likeness (QED) is 0.454. The van der Waals surface area contributed by atoms with Gasteiger partial charge in [-0.25, -0.2) is 0 Å². The highest BCUT2D eigenvalue weighted by atomic mass is 16.7. The number of hydrogen-bond acceptors (Lipinski definition) is 7. The van der Waals surface area contributed by atoms with E-state index in [1.165, 1.54) is 0 Å². The second kappa shape index (κ2) is 7.88. The SMILES string of the molecule is CC(O)(NC(Cc1ccc(-c2ccc3c(c2)OCO3)o1)C(O)O)c1ccccc1. The lowest BCUT2D eigenvalue weighted by Crippen LogP contribution is -2.51. The van der Waals surface area contributed by atoms with Crippen LogP contribution in [0.4, 0.5) is 0 Å². The fraction of sp³-hybridized carbons (Fsp3) is 0.273. The molecule has 29 heavy (non-hydrogen) atoms. The Balaban J connectivity index is 1.50. The van der Waals surface area contributed by atoms with E-state index in [0.717, 1.165) is 5.56 Å². The number of hydrogen-bond donors (Lipinski definition) is 4. The highest BCUT2D eigenvalue weighted by Gasteiger charge is 2.30. The highest BCUT2D eigenvalue weighted by molar-refractivity contribution is 5.63. The van der Waals surface area contributed by atoms with Gasteiger partial charge < -0.3 is 29.2 Å². The first-order valence-corrected chi connectivity index (χ1v) is 9.33. The second-order valence-corrected chi connectivity index (χ2v) is 7.14. The summed E-state index contributed by atoms with van der Waals surface area (Å²) in [7, 11) is 0. The van der Waals surface area contributed by atoms with Crippen molar-refractivity contribution in [3.8, 4) is 22.8 Å². The van der Waals surface area contributed by atoms with E-state index in [1.807, 2.05) is 30.3 Å². The fourth-order valence-electron chi connectivity index (χ4n) is 3.35. The largest absolute Gasteiger partial charge is 0.461 e. The molecule has 0 aliphatic carbocycles. The van der Waals surface area contributed by atoms with Crippen LogP contribution in [0.2, 0.25) is 0 Å². The molecular formula is C22H23NO6. The molecule has 2 aromatic carbocycles. The van der Waals surface area contributed by atoms with Crippen molar-refractivity contribution in [1.29, 1.82) is 0 Å². The molecule has 3 aromatic rings. The minimum Gasteiger partial charge on any atom is -0.461 e. The fourth-order valence-corrected chi connectivity index (χ4v) is 3.35. The van der Waals surface area contributed by atoms with Crippen LogP contribution < -0.4 is 14.8 Å². The molecule has 0 bridgehead atoms.